The van der Waals surface area contributed by atoms with Crippen LogP contribution in [0.3, 0.4) is 0 Å². The van der Waals surface area contributed by atoms with E-state index in [9.17, 15) is 13.2 Å². The summed E-state index contributed by atoms with van der Waals surface area (Å²) < 4.78 is 26.3. The second-order valence-electron chi connectivity index (χ2n) is 4.98. The molecule has 5 nitrogen and oxygen atoms in total. The molecule has 0 radical (unpaired) electrons. The van der Waals surface area contributed by atoms with Crippen LogP contribution in [0.1, 0.15) is 25.7 Å². The van der Waals surface area contributed by atoms with Gasteiger partial charge in [0.25, 0.3) is 0 Å². The molecule has 20 heavy (non-hydrogen) atoms. The fraction of sp³-hybridized carbons (Fsp3) is 0.500. The van der Waals surface area contributed by atoms with E-state index in [-0.39, 0.29) is 23.3 Å². The van der Waals surface area contributed by atoms with Crippen molar-refractivity contribution in [2.45, 2.75) is 30.6 Å². The molecule has 0 atom stereocenters. The number of hydrogen-bond acceptors (Lipinski definition) is 3. The van der Waals surface area contributed by atoms with Gasteiger partial charge in [0.15, 0.2) is 0 Å². The Bertz CT molecular complexity index is 537. The van der Waals surface area contributed by atoms with Crippen LogP contribution >= 0.6 is 0 Å². The SMILES string of the molecule is O=C(NCCNS(=O)(=O)c1ccccc1)C1CCCC1. The normalized spacial score (nSPS) is 16.2. The second kappa shape index (κ2) is 6.85. The van der Waals surface area contributed by atoms with Gasteiger partial charge < -0.3 is 5.32 Å². The van der Waals surface area contributed by atoms with Crippen LogP contribution in [0, 0.1) is 5.92 Å². The lowest BCUT2D eigenvalue weighted by Crippen LogP contribution is -2.37. The Morgan fingerprint density at radius 2 is 1.75 bits per heavy atom. The zero-order chi connectivity index (χ0) is 14.4. The molecule has 1 amide bonds. The number of sulfonamides is 1. The summed E-state index contributed by atoms with van der Waals surface area (Å²) in [5, 5.41) is 2.78. The average Bonchev–Trinajstić information content (AvgIpc) is 2.98. The molecule has 1 aliphatic carbocycles. The molecule has 0 heterocycles. The van der Waals surface area contributed by atoms with Gasteiger partial charge in [0.1, 0.15) is 0 Å². The van der Waals surface area contributed by atoms with Gasteiger partial charge in [-0.25, -0.2) is 13.1 Å². The lowest BCUT2D eigenvalue weighted by molar-refractivity contribution is -0.124. The molecule has 110 valence electrons. The van der Waals surface area contributed by atoms with E-state index in [0.29, 0.717) is 6.54 Å². The van der Waals surface area contributed by atoms with E-state index < -0.39 is 10.0 Å². The van der Waals surface area contributed by atoms with Gasteiger partial charge >= 0.3 is 0 Å². The molecule has 1 aliphatic rings. The van der Waals surface area contributed by atoms with Crippen molar-refractivity contribution in [1.29, 1.82) is 0 Å². The highest BCUT2D eigenvalue weighted by molar-refractivity contribution is 7.89. The summed E-state index contributed by atoms with van der Waals surface area (Å²) in [7, 11) is -3.48. The Balaban J connectivity index is 1.74. The number of carbonyl (C=O) groups is 1. The molecule has 1 aromatic carbocycles. The highest BCUT2D eigenvalue weighted by Crippen LogP contribution is 2.24. The van der Waals surface area contributed by atoms with Gasteiger partial charge in [-0.2, -0.15) is 0 Å². The number of rotatable bonds is 6. The third-order valence-electron chi connectivity index (χ3n) is 3.50. The minimum atomic E-state index is -3.48. The van der Waals surface area contributed by atoms with Crippen molar-refractivity contribution < 1.29 is 13.2 Å². The molecule has 0 aliphatic heterocycles. The summed E-state index contributed by atoms with van der Waals surface area (Å²) >= 11 is 0. The number of hydrogen-bond donors (Lipinski definition) is 2. The first-order chi connectivity index (χ1) is 9.59. The molecule has 1 saturated carbocycles. The fourth-order valence-corrected chi connectivity index (χ4v) is 3.44. The standard InChI is InChI=1S/C14H20N2O3S/c17-14(12-6-4-5-7-12)15-10-11-16-20(18,19)13-8-2-1-3-9-13/h1-3,8-9,12,16H,4-7,10-11H2,(H,15,17). The van der Waals surface area contributed by atoms with Gasteiger partial charge in [-0.05, 0) is 25.0 Å². The fourth-order valence-electron chi connectivity index (χ4n) is 2.39. The molecular weight excluding hydrogens is 276 g/mol. The van der Waals surface area contributed by atoms with Crippen molar-refractivity contribution in [3.8, 4) is 0 Å². The second-order valence-corrected chi connectivity index (χ2v) is 6.75. The molecule has 0 spiro atoms. The third-order valence-corrected chi connectivity index (χ3v) is 4.97. The van der Waals surface area contributed by atoms with Crippen molar-refractivity contribution in [2.24, 2.45) is 5.92 Å². The Morgan fingerprint density at radius 1 is 1.10 bits per heavy atom. The minimum Gasteiger partial charge on any atom is -0.355 e. The molecule has 0 aromatic heterocycles. The third kappa shape index (κ3) is 4.05. The van der Waals surface area contributed by atoms with E-state index in [1.807, 2.05) is 0 Å². The van der Waals surface area contributed by atoms with Gasteiger partial charge in [0.2, 0.25) is 15.9 Å². The van der Waals surface area contributed by atoms with Gasteiger partial charge in [0, 0.05) is 19.0 Å². The van der Waals surface area contributed by atoms with Crippen molar-refractivity contribution in [2.75, 3.05) is 13.1 Å². The zero-order valence-electron chi connectivity index (χ0n) is 11.3. The smallest absolute Gasteiger partial charge is 0.240 e. The van der Waals surface area contributed by atoms with Crippen LogP contribution in [0.4, 0.5) is 0 Å². The van der Waals surface area contributed by atoms with E-state index >= 15 is 0 Å². The first kappa shape index (κ1) is 15.0. The van der Waals surface area contributed by atoms with Crippen molar-refractivity contribution in [1.82, 2.24) is 10.0 Å². The number of amides is 1. The molecular formula is C14H20N2O3S. The molecule has 1 aromatic rings. The topological polar surface area (TPSA) is 75.3 Å². The van der Waals surface area contributed by atoms with Crippen molar-refractivity contribution >= 4 is 15.9 Å². The van der Waals surface area contributed by atoms with Crippen LogP contribution in [-0.2, 0) is 14.8 Å². The van der Waals surface area contributed by atoms with Crippen LogP contribution in [0.2, 0.25) is 0 Å². The Kier molecular flexibility index (Phi) is 5.14. The molecule has 0 saturated heterocycles. The summed E-state index contributed by atoms with van der Waals surface area (Å²) in [5.41, 5.74) is 0. The van der Waals surface area contributed by atoms with E-state index in [1.165, 1.54) is 0 Å². The van der Waals surface area contributed by atoms with E-state index in [0.717, 1.165) is 25.7 Å². The highest BCUT2D eigenvalue weighted by atomic mass is 32.2. The molecule has 0 unspecified atom stereocenters. The average molecular weight is 296 g/mol. The predicted octanol–water partition coefficient (Wildman–Crippen LogP) is 1.27. The van der Waals surface area contributed by atoms with E-state index in [4.69, 9.17) is 0 Å². The number of benzene rings is 1. The summed E-state index contributed by atoms with van der Waals surface area (Å²) in [6.07, 6.45) is 4.11. The van der Waals surface area contributed by atoms with E-state index in [2.05, 4.69) is 10.0 Å². The maximum Gasteiger partial charge on any atom is 0.240 e. The maximum atomic E-state index is 11.9. The van der Waals surface area contributed by atoms with Crippen LogP contribution < -0.4 is 10.0 Å². The monoisotopic (exact) mass is 296 g/mol. The lowest BCUT2D eigenvalue weighted by atomic mass is 10.1. The number of nitrogens with one attached hydrogen (secondary N) is 2. The molecule has 2 N–H and O–H groups in total. The summed E-state index contributed by atoms with van der Waals surface area (Å²) in [6.45, 7) is 0.525. The van der Waals surface area contributed by atoms with Crippen LogP contribution in [0.25, 0.3) is 0 Å². The highest BCUT2D eigenvalue weighted by Gasteiger charge is 2.22. The summed E-state index contributed by atoms with van der Waals surface area (Å²) in [6, 6.07) is 8.20. The first-order valence-electron chi connectivity index (χ1n) is 6.92. The summed E-state index contributed by atoms with van der Waals surface area (Å²) in [4.78, 5) is 12.0. The van der Waals surface area contributed by atoms with E-state index in [1.54, 1.807) is 30.3 Å². The zero-order valence-corrected chi connectivity index (χ0v) is 12.2. The van der Waals surface area contributed by atoms with Crippen LogP contribution in [-0.4, -0.2) is 27.4 Å². The molecule has 6 heteroatoms. The molecule has 1 fully saturated rings. The lowest BCUT2D eigenvalue weighted by Gasteiger charge is -2.11. The van der Waals surface area contributed by atoms with Gasteiger partial charge in [-0.1, -0.05) is 31.0 Å². The quantitative estimate of drug-likeness (QED) is 0.776. The largest absolute Gasteiger partial charge is 0.355 e. The maximum absolute atomic E-state index is 11.9. The Morgan fingerprint density at radius 3 is 2.40 bits per heavy atom. The molecule has 2 rings (SSSR count). The van der Waals surface area contributed by atoms with Gasteiger partial charge in [0.05, 0.1) is 4.90 Å². The Labute approximate surface area is 119 Å². The van der Waals surface area contributed by atoms with Crippen LogP contribution in [0.15, 0.2) is 35.2 Å². The predicted molar refractivity (Wildman–Crippen MR) is 76.6 cm³/mol. The number of carbonyl (C=O) groups excluding carboxylic acids is 1. The molecule has 0 bridgehead atoms. The minimum absolute atomic E-state index is 0.0430. The summed E-state index contributed by atoms with van der Waals surface area (Å²) in [5.74, 6) is 0.155. The van der Waals surface area contributed by atoms with Gasteiger partial charge in [-0.3, -0.25) is 4.79 Å². The Hall–Kier alpha value is -1.40. The van der Waals surface area contributed by atoms with Crippen molar-refractivity contribution in [3.05, 3.63) is 30.3 Å². The van der Waals surface area contributed by atoms with Crippen molar-refractivity contribution in [3.63, 3.8) is 0 Å². The first-order valence-corrected chi connectivity index (χ1v) is 8.40. The van der Waals surface area contributed by atoms with Crippen LogP contribution in [0.5, 0.6) is 0 Å². The van der Waals surface area contributed by atoms with Gasteiger partial charge in [-0.15, -0.1) is 0 Å².